The third kappa shape index (κ3) is 5.01. The Labute approximate surface area is 194 Å². The molecule has 0 aliphatic carbocycles. The Bertz CT molecular complexity index is 972. The number of nitrogens with zero attached hydrogens (tertiary/aromatic N) is 1. The van der Waals surface area contributed by atoms with Crippen molar-refractivity contribution in [3.05, 3.63) is 63.4 Å². The summed E-state index contributed by atoms with van der Waals surface area (Å²) in [4.78, 5) is 27.8. The summed E-state index contributed by atoms with van der Waals surface area (Å²) in [5.74, 6) is -0.335. The van der Waals surface area contributed by atoms with Gasteiger partial charge in [-0.05, 0) is 40.9 Å². The average molecular weight is 536 g/mol. The van der Waals surface area contributed by atoms with Crippen LogP contribution in [0, 0.1) is 5.92 Å². The highest BCUT2D eigenvalue weighted by atomic mass is 127. The van der Waals surface area contributed by atoms with Crippen molar-refractivity contribution in [1.82, 2.24) is 10.3 Å². The smallest absolute Gasteiger partial charge is 0.303 e. The minimum absolute atomic E-state index is 0.0120. The van der Waals surface area contributed by atoms with E-state index in [2.05, 4.69) is 39.0 Å². The summed E-state index contributed by atoms with van der Waals surface area (Å²) in [6, 6.07) is 8.00. The van der Waals surface area contributed by atoms with Crippen LogP contribution in [0.4, 0.5) is 0 Å². The number of carboxylic acid groups (broad SMARTS) is 1. The number of halogens is 1. The van der Waals surface area contributed by atoms with Crippen LogP contribution in [0.25, 0.3) is 0 Å². The molecule has 1 aromatic heterocycles. The number of aryl methyl sites for hydroxylation is 1. The Balaban J connectivity index is 1.52. The lowest BCUT2D eigenvalue weighted by Gasteiger charge is -2.26. The van der Waals surface area contributed by atoms with E-state index in [0.29, 0.717) is 18.9 Å². The molecule has 1 aromatic carbocycles. The Morgan fingerprint density at radius 2 is 2.00 bits per heavy atom. The number of oxazole rings is 1. The van der Waals surface area contributed by atoms with Crippen molar-refractivity contribution < 1.29 is 23.8 Å². The van der Waals surface area contributed by atoms with Crippen LogP contribution in [0.1, 0.15) is 52.7 Å². The molecule has 2 aliphatic rings. The molecule has 3 heterocycles. The molecular weight excluding hydrogens is 511 g/mol. The molecule has 164 valence electrons. The topological polar surface area (TPSA) is 102 Å². The van der Waals surface area contributed by atoms with Gasteiger partial charge in [0.15, 0.2) is 5.69 Å². The molecule has 0 unspecified atom stereocenters. The van der Waals surface area contributed by atoms with Crippen molar-refractivity contribution >= 4 is 34.5 Å². The first-order valence-corrected chi connectivity index (χ1v) is 11.7. The maximum atomic E-state index is 12.3. The Hall–Kier alpha value is -2.20. The number of hydrogen-bond acceptors (Lipinski definition) is 5. The third-order valence-corrected chi connectivity index (χ3v) is 6.62. The van der Waals surface area contributed by atoms with Gasteiger partial charge >= 0.3 is 5.97 Å². The highest BCUT2D eigenvalue weighted by molar-refractivity contribution is 14.1. The van der Waals surface area contributed by atoms with E-state index >= 15 is 0 Å². The van der Waals surface area contributed by atoms with E-state index in [1.165, 1.54) is 6.26 Å². The van der Waals surface area contributed by atoms with Gasteiger partial charge in [0.1, 0.15) is 6.26 Å². The van der Waals surface area contributed by atoms with Gasteiger partial charge in [-0.3, -0.25) is 9.59 Å². The summed E-state index contributed by atoms with van der Waals surface area (Å²) in [5, 5.41) is 11.9. The number of carbonyl (C=O) groups excluding carboxylic acids is 1. The van der Waals surface area contributed by atoms with E-state index in [1.807, 2.05) is 28.4 Å². The number of carboxylic acids is 1. The second-order valence-corrected chi connectivity index (χ2v) is 8.71. The molecule has 1 amide bonds. The Morgan fingerprint density at radius 1 is 1.23 bits per heavy atom. The molecule has 31 heavy (non-hydrogen) atoms. The van der Waals surface area contributed by atoms with Crippen LogP contribution in [0.2, 0.25) is 0 Å². The minimum Gasteiger partial charge on any atom is -0.481 e. The number of aliphatic carboxylic acids is 1. The number of ether oxygens (including phenoxy) is 1. The number of carbonyl (C=O) groups is 2. The lowest BCUT2D eigenvalue weighted by Crippen LogP contribution is -2.28. The van der Waals surface area contributed by atoms with Crippen LogP contribution >= 0.6 is 22.6 Å². The lowest BCUT2D eigenvalue weighted by atomic mass is 9.75. The molecule has 8 heteroatoms. The van der Waals surface area contributed by atoms with Crippen LogP contribution in [0.15, 0.2) is 45.1 Å². The maximum Gasteiger partial charge on any atom is 0.303 e. The molecule has 2 bridgehead atoms. The number of benzene rings is 1. The fourth-order valence-electron chi connectivity index (χ4n) is 4.70. The van der Waals surface area contributed by atoms with Crippen LogP contribution in [0.5, 0.6) is 0 Å². The standard InChI is InChI=1S/C23H25IN2O5/c24-10-3-11-25-22(29)17-13-30-23(26-17)21-16(18-7-8-19(21)31-18)12-15-5-2-1-4-14(15)6-9-20(27)28/h1-5,10,13,16,18-19,21H,6-9,11-12H2,(H,25,29)(H,27,28)/b10-3+/t16-,18-,19+,21-/m0/s1. The molecular formula is C23H25IN2O5. The predicted octanol–water partition coefficient (Wildman–Crippen LogP) is 3.87. The van der Waals surface area contributed by atoms with E-state index < -0.39 is 5.97 Å². The van der Waals surface area contributed by atoms with Gasteiger partial charge in [-0.25, -0.2) is 4.98 Å². The molecule has 2 saturated heterocycles. The zero-order chi connectivity index (χ0) is 21.8. The highest BCUT2D eigenvalue weighted by Crippen LogP contribution is 2.49. The van der Waals surface area contributed by atoms with Gasteiger partial charge in [0.05, 0.1) is 18.1 Å². The number of nitrogens with one attached hydrogen (secondary N) is 1. The summed E-state index contributed by atoms with van der Waals surface area (Å²) in [7, 11) is 0. The second-order valence-electron chi connectivity index (χ2n) is 7.99. The predicted molar refractivity (Wildman–Crippen MR) is 122 cm³/mol. The monoisotopic (exact) mass is 536 g/mol. The number of amides is 1. The molecule has 4 atom stereocenters. The zero-order valence-corrected chi connectivity index (χ0v) is 19.2. The number of rotatable bonds is 9. The molecule has 7 nitrogen and oxygen atoms in total. The summed E-state index contributed by atoms with van der Waals surface area (Å²) in [6.45, 7) is 0.441. The molecule has 2 aliphatic heterocycles. The zero-order valence-electron chi connectivity index (χ0n) is 17.0. The van der Waals surface area contributed by atoms with E-state index in [0.717, 1.165) is 30.4 Å². The largest absolute Gasteiger partial charge is 0.481 e. The summed E-state index contributed by atoms with van der Waals surface area (Å²) in [6.07, 6.45) is 6.77. The van der Waals surface area contributed by atoms with Crippen LogP contribution in [-0.2, 0) is 22.4 Å². The van der Waals surface area contributed by atoms with Crippen molar-refractivity contribution in [2.24, 2.45) is 5.92 Å². The molecule has 0 radical (unpaired) electrons. The van der Waals surface area contributed by atoms with Crippen LogP contribution in [0.3, 0.4) is 0 Å². The normalized spacial score (nSPS) is 24.7. The summed E-state index contributed by atoms with van der Waals surface area (Å²) >= 11 is 2.10. The fraction of sp³-hybridized carbons (Fsp3) is 0.435. The van der Waals surface area contributed by atoms with E-state index in [9.17, 15) is 9.59 Å². The molecule has 4 rings (SSSR count). The Kier molecular flexibility index (Phi) is 7.06. The van der Waals surface area contributed by atoms with Gasteiger partial charge < -0.3 is 19.6 Å². The lowest BCUT2D eigenvalue weighted by molar-refractivity contribution is -0.136. The quantitative estimate of drug-likeness (QED) is 0.472. The first kappa shape index (κ1) is 22.0. The van der Waals surface area contributed by atoms with Gasteiger partial charge in [-0.15, -0.1) is 0 Å². The average Bonchev–Trinajstić information content (AvgIpc) is 3.49. The summed E-state index contributed by atoms with van der Waals surface area (Å²) in [5.41, 5.74) is 2.48. The van der Waals surface area contributed by atoms with E-state index in [4.69, 9.17) is 14.3 Å². The fourth-order valence-corrected chi connectivity index (χ4v) is 4.96. The molecule has 0 spiro atoms. The summed E-state index contributed by atoms with van der Waals surface area (Å²) < 4.78 is 13.8. The first-order valence-electron chi connectivity index (χ1n) is 10.5. The van der Waals surface area contributed by atoms with Gasteiger partial charge in [-0.2, -0.15) is 0 Å². The van der Waals surface area contributed by atoms with Gasteiger partial charge in [-0.1, -0.05) is 52.9 Å². The SMILES string of the molecule is O=C(O)CCc1ccccc1C[C@@H]1[C@H](c2nc(C(=O)NC/C=C/I)co2)[C@H]2CC[C@@H]1O2. The number of fused-ring (bicyclic) bond motifs is 2. The minimum atomic E-state index is -0.796. The van der Waals surface area contributed by atoms with Crippen molar-refractivity contribution in [1.29, 1.82) is 0 Å². The second kappa shape index (κ2) is 9.95. The third-order valence-electron chi connectivity index (χ3n) is 6.12. The highest BCUT2D eigenvalue weighted by Gasteiger charge is 2.51. The van der Waals surface area contributed by atoms with Crippen molar-refractivity contribution in [3.8, 4) is 0 Å². The van der Waals surface area contributed by atoms with Crippen LogP contribution < -0.4 is 5.32 Å². The Morgan fingerprint density at radius 3 is 2.77 bits per heavy atom. The van der Waals surface area contributed by atoms with Gasteiger partial charge in [0.25, 0.3) is 5.91 Å². The van der Waals surface area contributed by atoms with Crippen molar-refractivity contribution in [2.75, 3.05) is 6.54 Å². The van der Waals surface area contributed by atoms with Crippen molar-refractivity contribution in [2.45, 2.75) is 50.2 Å². The van der Waals surface area contributed by atoms with Gasteiger partial charge in [0, 0.05) is 18.9 Å². The number of hydrogen-bond donors (Lipinski definition) is 2. The number of aromatic nitrogens is 1. The molecule has 2 aromatic rings. The van der Waals surface area contributed by atoms with Gasteiger partial charge in [0.2, 0.25) is 5.89 Å². The molecule has 2 fully saturated rings. The molecule has 0 saturated carbocycles. The van der Waals surface area contributed by atoms with Crippen molar-refractivity contribution in [3.63, 3.8) is 0 Å². The van der Waals surface area contributed by atoms with E-state index in [1.54, 1.807) is 0 Å². The molecule has 2 N–H and O–H groups in total. The first-order chi connectivity index (χ1) is 15.1. The van der Waals surface area contributed by atoms with Crippen LogP contribution in [-0.4, -0.2) is 40.7 Å². The maximum absolute atomic E-state index is 12.3. The van der Waals surface area contributed by atoms with E-state index in [-0.39, 0.29) is 42.1 Å².